The van der Waals surface area contributed by atoms with Crippen LogP contribution in [0.15, 0.2) is 60.9 Å². The SMILES string of the molecule is O=C(Nc1ccccc1)c1cnn(-c2ccccn2)c1C(F)(F)F. The van der Waals surface area contributed by atoms with Gasteiger partial charge in [0.1, 0.15) is 0 Å². The number of carbonyl (C=O) groups excluding carboxylic acids is 1. The monoisotopic (exact) mass is 332 g/mol. The van der Waals surface area contributed by atoms with Crippen LogP contribution in [0.4, 0.5) is 18.9 Å². The second kappa shape index (κ2) is 6.15. The lowest BCUT2D eigenvalue weighted by Gasteiger charge is -2.12. The molecule has 0 saturated heterocycles. The molecule has 3 aromatic rings. The number of hydrogen-bond donors (Lipinski definition) is 1. The molecule has 2 aromatic heterocycles. The van der Waals surface area contributed by atoms with Crippen LogP contribution < -0.4 is 5.32 Å². The molecule has 0 saturated carbocycles. The van der Waals surface area contributed by atoms with Crippen LogP contribution in [-0.4, -0.2) is 20.7 Å². The Hall–Kier alpha value is -3.16. The van der Waals surface area contributed by atoms with Crippen molar-refractivity contribution in [3.63, 3.8) is 0 Å². The highest BCUT2D eigenvalue weighted by Gasteiger charge is 2.40. The van der Waals surface area contributed by atoms with Gasteiger partial charge in [-0.1, -0.05) is 24.3 Å². The first-order valence-corrected chi connectivity index (χ1v) is 6.90. The van der Waals surface area contributed by atoms with E-state index in [4.69, 9.17) is 0 Å². The minimum Gasteiger partial charge on any atom is -0.322 e. The third-order valence-corrected chi connectivity index (χ3v) is 3.18. The minimum atomic E-state index is -4.77. The van der Waals surface area contributed by atoms with Crippen LogP contribution in [0.5, 0.6) is 0 Å². The van der Waals surface area contributed by atoms with Gasteiger partial charge in [0.25, 0.3) is 5.91 Å². The van der Waals surface area contributed by atoms with Crippen LogP contribution in [0.25, 0.3) is 5.82 Å². The summed E-state index contributed by atoms with van der Waals surface area (Å²) in [5.41, 5.74) is -1.35. The van der Waals surface area contributed by atoms with Gasteiger partial charge in [0.15, 0.2) is 11.5 Å². The Morgan fingerprint density at radius 2 is 1.75 bits per heavy atom. The highest BCUT2D eigenvalue weighted by Crippen LogP contribution is 2.33. The number of aromatic nitrogens is 3. The molecule has 0 aliphatic heterocycles. The molecule has 0 fully saturated rings. The largest absolute Gasteiger partial charge is 0.434 e. The Balaban J connectivity index is 2.03. The number of benzene rings is 1. The lowest BCUT2D eigenvalue weighted by Crippen LogP contribution is -2.21. The second-order valence-electron chi connectivity index (χ2n) is 4.82. The zero-order valence-corrected chi connectivity index (χ0v) is 12.2. The number of alkyl halides is 3. The number of pyridine rings is 1. The van der Waals surface area contributed by atoms with E-state index in [-0.39, 0.29) is 5.82 Å². The van der Waals surface area contributed by atoms with Gasteiger partial charge in [-0.05, 0) is 24.3 Å². The first-order valence-electron chi connectivity index (χ1n) is 6.90. The quantitative estimate of drug-likeness (QED) is 0.798. The van der Waals surface area contributed by atoms with Crippen molar-refractivity contribution in [3.05, 3.63) is 72.2 Å². The van der Waals surface area contributed by atoms with Gasteiger partial charge in [-0.2, -0.15) is 18.3 Å². The van der Waals surface area contributed by atoms with Crippen molar-refractivity contribution < 1.29 is 18.0 Å². The van der Waals surface area contributed by atoms with Gasteiger partial charge in [0, 0.05) is 11.9 Å². The summed E-state index contributed by atoms with van der Waals surface area (Å²) >= 11 is 0. The number of anilines is 1. The second-order valence-corrected chi connectivity index (χ2v) is 4.82. The van der Waals surface area contributed by atoms with E-state index in [0.29, 0.717) is 10.4 Å². The maximum atomic E-state index is 13.5. The van der Waals surface area contributed by atoms with Crippen LogP contribution in [0.1, 0.15) is 16.1 Å². The molecule has 1 amide bonds. The third-order valence-electron chi connectivity index (χ3n) is 3.18. The van der Waals surface area contributed by atoms with Crippen LogP contribution in [0.3, 0.4) is 0 Å². The zero-order chi connectivity index (χ0) is 17.2. The minimum absolute atomic E-state index is 0.0245. The molecule has 0 aliphatic carbocycles. The molecule has 1 N–H and O–H groups in total. The van der Waals surface area contributed by atoms with E-state index in [1.165, 1.54) is 18.3 Å². The van der Waals surface area contributed by atoms with Crippen molar-refractivity contribution in [1.82, 2.24) is 14.8 Å². The fourth-order valence-electron chi connectivity index (χ4n) is 2.16. The summed E-state index contributed by atoms with van der Waals surface area (Å²) in [4.78, 5) is 16.1. The smallest absolute Gasteiger partial charge is 0.322 e. The zero-order valence-electron chi connectivity index (χ0n) is 12.2. The molecule has 3 rings (SSSR count). The summed E-state index contributed by atoms with van der Waals surface area (Å²) in [5, 5.41) is 6.11. The Labute approximate surface area is 134 Å². The molecule has 0 unspecified atom stereocenters. The average molecular weight is 332 g/mol. The molecule has 0 radical (unpaired) electrons. The van der Waals surface area contributed by atoms with E-state index >= 15 is 0 Å². The molecule has 2 heterocycles. The lowest BCUT2D eigenvalue weighted by molar-refractivity contribution is -0.143. The average Bonchev–Trinajstić information content (AvgIpc) is 3.02. The van der Waals surface area contributed by atoms with Gasteiger partial charge in [0.05, 0.1) is 11.8 Å². The number of nitrogens with zero attached hydrogens (tertiary/aromatic N) is 3. The van der Waals surface area contributed by atoms with E-state index in [1.54, 1.807) is 36.4 Å². The standard InChI is InChI=1S/C16H11F3N4O/c17-16(18,19)14-12(15(24)22-11-6-2-1-3-7-11)10-21-23(14)13-8-4-5-9-20-13/h1-10H,(H,22,24). The number of hydrogen-bond acceptors (Lipinski definition) is 3. The van der Waals surface area contributed by atoms with Crippen molar-refractivity contribution in [1.29, 1.82) is 0 Å². The van der Waals surface area contributed by atoms with Crippen LogP contribution in [0, 0.1) is 0 Å². The number of amides is 1. The van der Waals surface area contributed by atoms with Crippen molar-refractivity contribution in [2.75, 3.05) is 5.32 Å². The van der Waals surface area contributed by atoms with Gasteiger partial charge in [0.2, 0.25) is 0 Å². The van der Waals surface area contributed by atoms with Gasteiger partial charge in [-0.25, -0.2) is 9.67 Å². The summed E-state index contributed by atoms with van der Waals surface area (Å²) in [5.74, 6) is -0.917. The molecule has 0 bridgehead atoms. The summed E-state index contributed by atoms with van der Waals surface area (Å²) in [6.07, 6.45) is -2.53. The van der Waals surface area contributed by atoms with Gasteiger partial charge >= 0.3 is 6.18 Å². The number of rotatable bonds is 3. The fraction of sp³-hybridized carbons (Fsp3) is 0.0625. The van der Waals surface area contributed by atoms with E-state index in [9.17, 15) is 18.0 Å². The highest BCUT2D eigenvalue weighted by molar-refractivity contribution is 6.05. The van der Waals surface area contributed by atoms with Crippen LogP contribution in [0.2, 0.25) is 0 Å². The Bertz CT molecular complexity index is 845. The predicted molar refractivity (Wildman–Crippen MR) is 80.8 cm³/mol. The maximum absolute atomic E-state index is 13.5. The van der Waals surface area contributed by atoms with Crippen molar-refractivity contribution in [2.45, 2.75) is 6.18 Å². The van der Waals surface area contributed by atoms with Crippen molar-refractivity contribution >= 4 is 11.6 Å². The molecule has 8 heteroatoms. The summed E-state index contributed by atoms with van der Waals surface area (Å²) in [6.45, 7) is 0. The molecule has 24 heavy (non-hydrogen) atoms. The van der Waals surface area contributed by atoms with Crippen molar-refractivity contribution in [2.24, 2.45) is 0 Å². The van der Waals surface area contributed by atoms with E-state index < -0.39 is 23.3 Å². The normalized spacial score (nSPS) is 11.3. The van der Waals surface area contributed by atoms with Gasteiger partial charge in [-0.3, -0.25) is 4.79 Å². The lowest BCUT2D eigenvalue weighted by atomic mass is 10.2. The summed E-state index contributed by atoms with van der Waals surface area (Å²) in [6, 6.07) is 12.7. The number of para-hydroxylation sites is 1. The predicted octanol–water partition coefficient (Wildman–Crippen LogP) is 3.54. The van der Waals surface area contributed by atoms with Crippen LogP contribution >= 0.6 is 0 Å². The molecular formula is C16H11F3N4O. The highest BCUT2D eigenvalue weighted by atomic mass is 19.4. The number of carbonyl (C=O) groups is 1. The number of nitrogens with one attached hydrogen (secondary N) is 1. The Kier molecular flexibility index (Phi) is 4.03. The molecular weight excluding hydrogens is 321 g/mol. The first-order chi connectivity index (χ1) is 11.5. The molecule has 122 valence electrons. The van der Waals surface area contributed by atoms with Crippen LogP contribution in [-0.2, 0) is 6.18 Å². The molecule has 1 aromatic carbocycles. The summed E-state index contributed by atoms with van der Waals surface area (Å²) in [7, 11) is 0. The topological polar surface area (TPSA) is 59.8 Å². The molecule has 0 atom stereocenters. The van der Waals surface area contributed by atoms with E-state index in [2.05, 4.69) is 15.4 Å². The van der Waals surface area contributed by atoms with Crippen molar-refractivity contribution in [3.8, 4) is 5.82 Å². The van der Waals surface area contributed by atoms with E-state index in [0.717, 1.165) is 6.20 Å². The molecule has 0 aliphatic rings. The third kappa shape index (κ3) is 3.12. The Morgan fingerprint density at radius 3 is 2.38 bits per heavy atom. The maximum Gasteiger partial charge on any atom is 0.434 e. The van der Waals surface area contributed by atoms with E-state index in [1.807, 2.05) is 0 Å². The molecule has 0 spiro atoms. The summed E-state index contributed by atoms with van der Waals surface area (Å²) < 4.78 is 41.0. The fourth-order valence-corrected chi connectivity index (χ4v) is 2.16. The molecule has 5 nitrogen and oxygen atoms in total. The Morgan fingerprint density at radius 1 is 1.04 bits per heavy atom. The number of halogens is 3. The first kappa shape index (κ1) is 15.7. The van der Waals surface area contributed by atoms with Gasteiger partial charge in [-0.15, -0.1) is 0 Å². The van der Waals surface area contributed by atoms with Gasteiger partial charge < -0.3 is 5.32 Å².